The van der Waals surface area contributed by atoms with E-state index in [9.17, 15) is 9.59 Å². The van der Waals surface area contributed by atoms with Crippen LogP contribution in [0.25, 0.3) is 0 Å². The first-order valence-corrected chi connectivity index (χ1v) is 6.83. The normalized spacial score (nSPS) is 13.8. The van der Waals surface area contributed by atoms with Crippen molar-refractivity contribution in [3.8, 4) is 0 Å². The summed E-state index contributed by atoms with van der Waals surface area (Å²) in [5.41, 5.74) is 8.35. The molecule has 0 spiro atoms. The van der Waals surface area contributed by atoms with E-state index in [4.69, 9.17) is 5.73 Å². The molecule has 2 amide bonds. The van der Waals surface area contributed by atoms with Gasteiger partial charge in [-0.05, 0) is 36.8 Å². The van der Waals surface area contributed by atoms with E-state index in [1.54, 1.807) is 30.3 Å². The highest BCUT2D eigenvalue weighted by molar-refractivity contribution is 9.10. The molecule has 0 bridgehead atoms. The summed E-state index contributed by atoms with van der Waals surface area (Å²) in [7, 11) is 0. The minimum absolute atomic E-state index is 0.286. The highest BCUT2D eigenvalue weighted by atomic mass is 79.9. The monoisotopic (exact) mass is 330 g/mol. The molecule has 0 saturated heterocycles. The van der Waals surface area contributed by atoms with Crippen molar-refractivity contribution < 1.29 is 9.59 Å². The Morgan fingerprint density at radius 2 is 1.85 bits per heavy atom. The van der Waals surface area contributed by atoms with E-state index >= 15 is 0 Å². The standard InChI is InChI=1S/C15H11BrN2O2/c1-8-5-6-9(7-11(8)16)18-14(19)10-3-2-4-12(17)13(10)15(18)20/h2-7H,17H2,1H3. The Labute approximate surface area is 124 Å². The minimum Gasteiger partial charge on any atom is -0.398 e. The molecule has 3 rings (SSSR count). The number of nitrogens with two attached hydrogens (primary N) is 1. The maximum Gasteiger partial charge on any atom is 0.268 e. The van der Waals surface area contributed by atoms with Gasteiger partial charge in [-0.3, -0.25) is 9.59 Å². The molecule has 0 aliphatic carbocycles. The van der Waals surface area contributed by atoms with Crippen LogP contribution in [0.4, 0.5) is 11.4 Å². The van der Waals surface area contributed by atoms with Gasteiger partial charge in [-0.25, -0.2) is 4.90 Å². The number of carbonyl (C=O) groups is 2. The molecule has 0 aromatic heterocycles. The highest BCUT2D eigenvalue weighted by Crippen LogP contribution is 2.33. The van der Waals surface area contributed by atoms with Crippen molar-refractivity contribution in [1.29, 1.82) is 0 Å². The minimum atomic E-state index is -0.376. The van der Waals surface area contributed by atoms with Gasteiger partial charge in [0.2, 0.25) is 0 Å². The number of fused-ring (bicyclic) bond motifs is 1. The van der Waals surface area contributed by atoms with Crippen LogP contribution in [-0.2, 0) is 0 Å². The molecule has 0 atom stereocenters. The number of hydrogen-bond acceptors (Lipinski definition) is 3. The number of halogens is 1. The largest absolute Gasteiger partial charge is 0.398 e. The van der Waals surface area contributed by atoms with Crippen molar-refractivity contribution >= 4 is 39.1 Å². The fraction of sp³-hybridized carbons (Fsp3) is 0.0667. The van der Waals surface area contributed by atoms with Gasteiger partial charge in [0.15, 0.2) is 0 Å². The van der Waals surface area contributed by atoms with E-state index in [1.807, 2.05) is 13.0 Å². The van der Waals surface area contributed by atoms with Crippen LogP contribution >= 0.6 is 15.9 Å². The van der Waals surface area contributed by atoms with Crippen LogP contribution in [0.15, 0.2) is 40.9 Å². The van der Waals surface area contributed by atoms with E-state index < -0.39 is 0 Å². The number of nitrogen functional groups attached to an aromatic ring is 1. The zero-order valence-electron chi connectivity index (χ0n) is 10.7. The number of amides is 2. The van der Waals surface area contributed by atoms with Gasteiger partial charge < -0.3 is 5.73 Å². The Hall–Kier alpha value is -2.14. The predicted octanol–water partition coefficient (Wildman–Crippen LogP) is 3.14. The average molecular weight is 331 g/mol. The number of nitrogens with zero attached hydrogens (tertiary/aromatic N) is 1. The third-order valence-electron chi connectivity index (χ3n) is 3.36. The van der Waals surface area contributed by atoms with Crippen molar-refractivity contribution in [3.05, 3.63) is 57.6 Å². The summed E-state index contributed by atoms with van der Waals surface area (Å²) >= 11 is 3.41. The summed E-state index contributed by atoms with van der Waals surface area (Å²) in [5, 5.41) is 0. The van der Waals surface area contributed by atoms with Crippen LogP contribution in [0.2, 0.25) is 0 Å². The van der Waals surface area contributed by atoms with Crippen molar-refractivity contribution in [3.63, 3.8) is 0 Å². The molecule has 1 aliphatic heterocycles. The van der Waals surface area contributed by atoms with Gasteiger partial charge in [-0.1, -0.05) is 28.1 Å². The topological polar surface area (TPSA) is 63.4 Å². The third kappa shape index (κ3) is 1.74. The zero-order chi connectivity index (χ0) is 14.4. The number of rotatable bonds is 1. The van der Waals surface area contributed by atoms with Crippen LogP contribution in [-0.4, -0.2) is 11.8 Å². The van der Waals surface area contributed by atoms with E-state index in [0.717, 1.165) is 14.9 Å². The van der Waals surface area contributed by atoms with E-state index in [1.165, 1.54) is 0 Å². The molecule has 4 nitrogen and oxygen atoms in total. The van der Waals surface area contributed by atoms with Crippen LogP contribution < -0.4 is 10.6 Å². The Balaban J connectivity index is 2.14. The lowest BCUT2D eigenvalue weighted by molar-refractivity contribution is 0.0926. The second-order valence-electron chi connectivity index (χ2n) is 4.65. The summed E-state index contributed by atoms with van der Waals surface area (Å²) in [6.07, 6.45) is 0. The Bertz CT molecular complexity index is 756. The van der Waals surface area contributed by atoms with Crippen LogP contribution in [0.3, 0.4) is 0 Å². The first-order valence-electron chi connectivity index (χ1n) is 6.04. The number of imide groups is 1. The molecule has 1 heterocycles. The molecule has 1 aliphatic rings. The molecule has 2 aromatic rings. The predicted molar refractivity (Wildman–Crippen MR) is 80.9 cm³/mol. The molecule has 2 N–H and O–H groups in total. The van der Waals surface area contributed by atoms with Crippen molar-refractivity contribution in [2.75, 3.05) is 10.6 Å². The van der Waals surface area contributed by atoms with Crippen molar-refractivity contribution in [1.82, 2.24) is 0 Å². The number of aryl methyl sites for hydroxylation is 1. The van der Waals surface area contributed by atoms with Gasteiger partial charge in [0.25, 0.3) is 11.8 Å². The summed E-state index contributed by atoms with van der Waals surface area (Å²) in [6.45, 7) is 1.94. The first kappa shape index (κ1) is 12.9. The molecular formula is C15H11BrN2O2. The molecule has 0 unspecified atom stereocenters. The second kappa shape index (κ2) is 4.45. The van der Waals surface area contributed by atoms with E-state index in [-0.39, 0.29) is 17.4 Å². The Kier molecular flexibility index (Phi) is 2.87. The Morgan fingerprint density at radius 1 is 1.10 bits per heavy atom. The summed E-state index contributed by atoms with van der Waals surface area (Å²) in [5.74, 6) is -0.716. The summed E-state index contributed by atoms with van der Waals surface area (Å²) in [4.78, 5) is 26.0. The van der Waals surface area contributed by atoms with Gasteiger partial charge in [0, 0.05) is 10.2 Å². The van der Waals surface area contributed by atoms with Gasteiger partial charge in [0.05, 0.1) is 16.8 Å². The molecule has 0 saturated carbocycles. The fourth-order valence-corrected chi connectivity index (χ4v) is 2.63. The van der Waals surface area contributed by atoms with E-state index in [2.05, 4.69) is 15.9 Å². The smallest absolute Gasteiger partial charge is 0.268 e. The number of benzene rings is 2. The summed E-state index contributed by atoms with van der Waals surface area (Å²) in [6, 6.07) is 10.3. The third-order valence-corrected chi connectivity index (χ3v) is 4.22. The molecule has 2 aromatic carbocycles. The molecule has 5 heteroatoms. The Morgan fingerprint density at radius 3 is 2.50 bits per heavy atom. The van der Waals surface area contributed by atoms with Gasteiger partial charge >= 0.3 is 0 Å². The number of anilines is 2. The highest BCUT2D eigenvalue weighted by Gasteiger charge is 2.38. The van der Waals surface area contributed by atoms with Gasteiger partial charge in [-0.15, -0.1) is 0 Å². The van der Waals surface area contributed by atoms with Crippen LogP contribution in [0, 0.1) is 6.92 Å². The molecule has 0 fully saturated rings. The molecular weight excluding hydrogens is 320 g/mol. The molecule has 0 radical (unpaired) electrons. The van der Waals surface area contributed by atoms with E-state index in [0.29, 0.717) is 16.9 Å². The average Bonchev–Trinajstić information content (AvgIpc) is 2.67. The van der Waals surface area contributed by atoms with Crippen molar-refractivity contribution in [2.24, 2.45) is 0 Å². The fourth-order valence-electron chi connectivity index (χ4n) is 2.27. The molecule has 20 heavy (non-hydrogen) atoms. The lowest BCUT2D eigenvalue weighted by atomic mass is 10.1. The quantitative estimate of drug-likeness (QED) is 0.645. The SMILES string of the molecule is Cc1ccc(N2C(=O)c3cccc(N)c3C2=O)cc1Br. The second-order valence-corrected chi connectivity index (χ2v) is 5.50. The zero-order valence-corrected chi connectivity index (χ0v) is 12.3. The lowest BCUT2D eigenvalue weighted by Crippen LogP contribution is -2.29. The van der Waals surface area contributed by atoms with Crippen LogP contribution in [0.5, 0.6) is 0 Å². The van der Waals surface area contributed by atoms with Crippen molar-refractivity contribution in [2.45, 2.75) is 6.92 Å². The summed E-state index contributed by atoms with van der Waals surface area (Å²) < 4.78 is 0.847. The van der Waals surface area contributed by atoms with Gasteiger partial charge in [-0.2, -0.15) is 0 Å². The van der Waals surface area contributed by atoms with Gasteiger partial charge in [0.1, 0.15) is 0 Å². The lowest BCUT2D eigenvalue weighted by Gasteiger charge is -2.14. The first-order chi connectivity index (χ1) is 9.50. The molecule has 100 valence electrons. The van der Waals surface area contributed by atoms with Crippen LogP contribution in [0.1, 0.15) is 26.3 Å². The number of carbonyl (C=O) groups excluding carboxylic acids is 2. The number of hydrogen-bond donors (Lipinski definition) is 1. The maximum absolute atomic E-state index is 12.4. The maximum atomic E-state index is 12.4.